The number of imidazole rings is 1. The maximum absolute atomic E-state index is 11.1. The molecule has 0 amide bonds. The van der Waals surface area contributed by atoms with Crippen molar-refractivity contribution >= 4 is 23.1 Å². The number of nitrogens with zero attached hydrogens (tertiary/aromatic N) is 4. The lowest BCUT2D eigenvalue weighted by Gasteiger charge is -2.06. The fourth-order valence-corrected chi connectivity index (χ4v) is 2.37. The van der Waals surface area contributed by atoms with E-state index in [2.05, 4.69) is 15.2 Å². The van der Waals surface area contributed by atoms with E-state index in [1.165, 1.54) is 12.1 Å². The summed E-state index contributed by atoms with van der Waals surface area (Å²) >= 11 is 0. The van der Waals surface area contributed by atoms with E-state index in [1.807, 2.05) is 0 Å². The number of pyridine rings is 1. The van der Waals surface area contributed by atoms with Crippen LogP contribution >= 0.6 is 0 Å². The monoisotopic (exact) mass is 340 g/mol. The first-order chi connectivity index (χ1) is 12.0. The van der Waals surface area contributed by atoms with Gasteiger partial charge in [0.05, 0.1) is 25.5 Å². The molecule has 3 rings (SSSR count). The molecule has 8 heteroatoms. The number of carboxylic acid groups (broad SMARTS) is 1. The van der Waals surface area contributed by atoms with Crippen LogP contribution in [-0.2, 0) is 0 Å². The molecule has 0 bridgehead atoms. The van der Waals surface area contributed by atoms with Gasteiger partial charge in [-0.3, -0.25) is 4.40 Å². The van der Waals surface area contributed by atoms with Crippen molar-refractivity contribution in [2.24, 2.45) is 10.2 Å². The summed E-state index contributed by atoms with van der Waals surface area (Å²) < 4.78 is 12.1. The molecule has 0 saturated heterocycles. The fourth-order valence-electron chi connectivity index (χ4n) is 2.37. The average molecular weight is 340 g/mol. The molecular formula is C17H16N4O4. The van der Waals surface area contributed by atoms with Crippen LogP contribution in [0.3, 0.4) is 0 Å². The number of methoxy groups -OCH3 is 2. The Morgan fingerprint density at radius 1 is 1.16 bits per heavy atom. The van der Waals surface area contributed by atoms with Crippen LogP contribution in [0.4, 0.5) is 11.5 Å². The van der Waals surface area contributed by atoms with Gasteiger partial charge in [-0.15, -0.1) is 10.2 Å². The molecular weight excluding hydrogens is 324 g/mol. The van der Waals surface area contributed by atoms with E-state index in [4.69, 9.17) is 14.6 Å². The number of carbonyl (C=O) groups is 1. The van der Waals surface area contributed by atoms with Crippen molar-refractivity contribution in [3.63, 3.8) is 0 Å². The highest BCUT2D eigenvalue weighted by Gasteiger charge is 2.12. The predicted molar refractivity (Wildman–Crippen MR) is 90.6 cm³/mol. The summed E-state index contributed by atoms with van der Waals surface area (Å²) in [5.74, 6) is 0.699. The Bertz CT molecular complexity index is 978. The number of fused-ring (bicyclic) bond motifs is 1. The molecule has 0 spiro atoms. The second-order valence-electron chi connectivity index (χ2n) is 5.21. The lowest BCUT2D eigenvalue weighted by molar-refractivity contribution is 0.0697. The normalized spacial score (nSPS) is 11.2. The van der Waals surface area contributed by atoms with Crippen molar-refractivity contribution in [1.82, 2.24) is 9.38 Å². The number of hydrogen-bond donors (Lipinski definition) is 1. The Morgan fingerprint density at radius 2 is 1.96 bits per heavy atom. The Morgan fingerprint density at radius 3 is 2.64 bits per heavy atom. The fraction of sp³-hybridized carbons (Fsp3) is 0.176. The Labute approximate surface area is 143 Å². The van der Waals surface area contributed by atoms with E-state index < -0.39 is 5.97 Å². The summed E-state index contributed by atoms with van der Waals surface area (Å²) in [6, 6.07) is 8.19. The van der Waals surface area contributed by atoms with Crippen LogP contribution in [0.25, 0.3) is 5.65 Å². The number of carboxylic acids is 1. The Kier molecular flexibility index (Phi) is 4.34. The van der Waals surface area contributed by atoms with E-state index in [-0.39, 0.29) is 5.56 Å². The molecule has 0 radical (unpaired) electrons. The Hall–Kier alpha value is -3.42. The smallest absolute Gasteiger partial charge is 0.335 e. The minimum atomic E-state index is -1.01. The van der Waals surface area contributed by atoms with Crippen LogP contribution < -0.4 is 9.47 Å². The summed E-state index contributed by atoms with van der Waals surface area (Å²) in [7, 11) is 3.11. The van der Waals surface area contributed by atoms with Gasteiger partial charge in [0, 0.05) is 12.3 Å². The molecule has 1 N–H and O–H groups in total. The van der Waals surface area contributed by atoms with E-state index in [0.717, 1.165) is 0 Å². The number of ether oxygens (including phenoxy) is 2. The molecule has 8 nitrogen and oxygen atoms in total. The topological polar surface area (TPSA) is 97.8 Å². The molecule has 0 aliphatic rings. The second kappa shape index (κ2) is 6.60. The highest BCUT2D eigenvalue weighted by molar-refractivity contribution is 5.88. The van der Waals surface area contributed by atoms with E-state index in [9.17, 15) is 4.79 Å². The first-order valence-electron chi connectivity index (χ1n) is 7.39. The molecule has 0 fully saturated rings. The van der Waals surface area contributed by atoms with Crippen LogP contribution in [0.15, 0.2) is 46.8 Å². The summed E-state index contributed by atoms with van der Waals surface area (Å²) in [6.07, 6.45) is 1.61. The second-order valence-corrected chi connectivity index (χ2v) is 5.21. The third kappa shape index (κ3) is 3.14. The lowest BCUT2D eigenvalue weighted by atomic mass is 10.3. The van der Waals surface area contributed by atoms with Crippen molar-refractivity contribution in [1.29, 1.82) is 0 Å². The standard InChI is InChI=1S/C17H16N4O4/c1-10-16(21-7-6-11(17(22)23)8-15(21)18-10)20-19-13-5-4-12(24-2)9-14(13)25-3/h4-9H,1-3H3,(H,22,23). The molecule has 25 heavy (non-hydrogen) atoms. The minimum absolute atomic E-state index is 0.165. The maximum atomic E-state index is 11.1. The molecule has 2 aromatic heterocycles. The van der Waals surface area contributed by atoms with Crippen molar-refractivity contribution in [3.8, 4) is 11.5 Å². The van der Waals surface area contributed by atoms with Crippen LogP contribution in [0.5, 0.6) is 11.5 Å². The molecule has 0 saturated carbocycles. The number of rotatable bonds is 5. The minimum Gasteiger partial charge on any atom is -0.497 e. The summed E-state index contributed by atoms with van der Waals surface area (Å²) in [5, 5.41) is 17.6. The van der Waals surface area contributed by atoms with Crippen LogP contribution in [-0.4, -0.2) is 34.7 Å². The van der Waals surface area contributed by atoms with Crippen molar-refractivity contribution in [2.75, 3.05) is 14.2 Å². The number of aryl methyl sites for hydroxylation is 1. The molecule has 128 valence electrons. The first-order valence-corrected chi connectivity index (χ1v) is 7.39. The van der Waals surface area contributed by atoms with E-state index in [0.29, 0.717) is 34.3 Å². The van der Waals surface area contributed by atoms with Crippen molar-refractivity contribution < 1.29 is 19.4 Å². The molecule has 0 atom stereocenters. The zero-order valence-electron chi connectivity index (χ0n) is 13.9. The van der Waals surface area contributed by atoms with E-state index in [1.54, 1.807) is 49.9 Å². The van der Waals surface area contributed by atoms with Gasteiger partial charge in [0.1, 0.15) is 22.8 Å². The largest absolute Gasteiger partial charge is 0.497 e. The number of aromatic nitrogens is 2. The van der Waals surface area contributed by atoms with Crippen LogP contribution in [0.1, 0.15) is 16.1 Å². The predicted octanol–water partition coefficient (Wildman–Crippen LogP) is 3.77. The van der Waals surface area contributed by atoms with Crippen LogP contribution in [0.2, 0.25) is 0 Å². The average Bonchev–Trinajstić information content (AvgIpc) is 2.93. The molecule has 3 aromatic rings. The Balaban J connectivity index is 2.02. The van der Waals surface area contributed by atoms with Gasteiger partial charge >= 0.3 is 5.97 Å². The SMILES string of the molecule is COc1ccc(N=Nc2c(C)nc3cc(C(=O)O)ccn23)c(OC)c1. The number of hydrogen-bond acceptors (Lipinski definition) is 6. The molecule has 0 unspecified atom stereocenters. The van der Waals surface area contributed by atoms with Gasteiger partial charge in [-0.05, 0) is 31.2 Å². The van der Waals surface area contributed by atoms with Crippen LogP contribution in [0, 0.1) is 6.92 Å². The van der Waals surface area contributed by atoms with E-state index >= 15 is 0 Å². The highest BCUT2D eigenvalue weighted by Crippen LogP contribution is 2.33. The van der Waals surface area contributed by atoms with Gasteiger partial charge in [0.25, 0.3) is 0 Å². The summed E-state index contributed by atoms with van der Waals surface area (Å²) in [6.45, 7) is 1.78. The third-order valence-corrected chi connectivity index (χ3v) is 3.65. The zero-order valence-corrected chi connectivity index (χ0v) is 13.9. The summed E-state index contributed by atoms with van der Waals surface area (Å²) in [5.41, 5.74) is 1.84. The molecule has 0 aliphatic carbocycles. The van der Waals surface area contributed by atoms with Gasteiger partial charge in [-0.1, -0.05) is 0 Å². The molecule has 2 heterocycles. The van der Waals surface area contributed by atoms with Gasteiger partial charge in [0.2, 0.25) is 0 Å². The molecule has 1 aromatic carbocycles. The third-order valence-electron chi connectivity index (χ3n) is 3.65. The number of aromatic carboxylic acids is 1. The highest BCUT2D eigenvalue weighted by atomic mass is 16.5. The van der Waals surface area contributed by atoms with Gasteiger partial charge in [0.15, 0.2) is 5.82 Å². The van der Waals surface area contributed by atoms with Gasteiger partial charge in [-0.2, -0.15) is 0 Å². The molecule has 0 aliphatic heterocycles. The van der Waals surface area contributed by atoms with Crippen molar-refractivity contribution in [2.45, 2.75) is 6.92 Å². The number of azo groups is 1. The summed E-state index contributed by atoms with van der Waals surface area (Å²) in [4.78, 5) is 15.4. The maximum Gasteiger partial charge on any atom is 0.335 e. The quantitative estimate of drug-likeness (QED) is 0.713. The lowest BCUT2D eigenvalue weighted by Crippen LogP contribution is -1.97. The first kappa shape index (κ1) is 16.4. The zero-order chi connectivity index (χ0) is 18.0. The van der Waals surface area contributed by atoms with Gasteiger partial charge in [-0.25, -0.2) is 9.78 Å². The van der Waals surface area contributed by atoms with Gasteiger partial charge < -0.3 is 14.6 Å². The number of benzene rings is 1. The van der Waals surface area contributed by atoms with Crippen molar-refractivity contribution in [3.05, 3.63) is 47.8 Å².